The molecule has 2 aromatic carbocycles. The number of H-pyrrole nitrogens is 1. The van der Waals surface area contributed by atoms with E-state index in [2.05, 4.69) is 51.6 Å². The van der Waals surface area contributed by atoms with Gasteiger partial charge in [-0.15, -0.1) is 0 Å². The Morgan fingerprint density at radius 2 is 1.87 bits per heavy atom. The topological polar surface area (TPSA) is 75.2 Å². The molecule has 1 aromatic heterocycles. The molecule has 0 aliphatic carbocycles. The van der Waals surface area contributed by atoms with Crippen molar-refractivity contribution >= 4 is 18.1 Å². The predicted octanol–water partition coefficient (Wildman–Crippen LogP) is 3.60. The molecule has 0 bridgehead atoms. The van der Waals surface area contributed by atoms with Crippen molar-refractivity contribution < 1.29 is 9.53 Å². The van der Waals surface area contributed by atoms with Crippen LogP contribution in [-0.4, -0.2) is 53.3 Å². The molecule has 164 valence electrons. The Bertz CT molecular complexity index is 1050. The van der Waals surface area contributed by atoms with Crippen LogP contribution in [0.4, 0.5) is 0 Å². The summed E-state index contributed by atoms with van der Waals surface area (Å²) in [6.45, 7) is 2.73. The van der Waals surface area contributed by atoms with Gasteiger partial charge < -0.3 is 15.0 Å². The first kappa shape index (κ1) is 22.7. The zero-order chi connectivity index (χ0) is 22.4. The number of nitrogens with zero attached hydrogens (tertiary/aromatic N) is 3. The third kappa shape index (κ3) is 5.59. The number of nitrogens with one attached hydrogen (secondary N) is 2. The van der Waals surface area contributed by atoms with Gasteiger partial charge in [-0.05, 0) is 68.1 Å². The first-order valence-corrected chi connectivity index (χ1v) is 10.6. The highest BCUT2D eigenvalue weighted by Gasteiger charge is 2.17. The zero-order valence-electron chi connectivity index (χ0n) is 18.4. The van der Waals surface area contributed by atoms with Gasteiger partial charge in [0.2, 0.25) is 5.91 Å². The number of ether oxygens (including phenoxy) is 1. The molecule has 0 fully saturated rings. The molecular formula is C23H29N5O2S. The number of amides is 1. The molecule has 0 aliphatic rings. The number of benzene rings is 2. The third-order valence-electron chi connectivity index (χ3n) is 5.30. The van der Waals surface area contributed by atoms with Gasteiger partial charge in [0.05, 0.1) is 13.2 Å². The van der Waals surface area contributed by atoms with E-state index in [1.807, 2.05) is 38.4 Å². The second kappa shape index (κ2) is 10.4. The molecule has 2 N–H and O–H groups in total. The Morgan fingerprint density at radius 3 is 2.45 bits per heavy atom. The van der Waals surface area contributed by atoms with Crippen LogP contribution in [0.2, 0.25) is 0 Å². The number of methoxy groups -OCH3 is 1. The zero-order valence-corrected chi connectivity index (χ0v) is 19.2. The van der Waals surface area contributed by atoms with Crippen LogP contribution in [-0.2, 0) is 17.8 Å². The van der Waals surface area contributed by atoms with Crippen LogP contribution < -0.4 is 10.1 Å². The molecule has 1 heterocycles. The van der Waals surface area contributed by atoms with E-state index < -0.39 is 0 Å². The van der Waals surface area contributed by atoms with Gasteiger partial charge in [0.1, 0.15) is 12.3 Å². The lowest BCUT2D eigenvalue weighted by Crippen LogP contribution is -2.36. The summed E-state index contributed by atoms with van der Waals surface area (Å²) in [7, 11) is 5.64. The van der Waals surface area contributed by atoms with Gasteiger partial charge in [-0.3, -0.25) is 14.5 Å². The summed E-state index contributed by atoms with van der Waals surface area (Å²) in [6.07, 6.45) is 1.01. The summed E-state index contributed by atoms with van der Waals surface area (Å²) >= 11 is 5.35. The van der Waals surface area contributed by atoms with Crippen molar-refractivity contribution in [1.29, 1.82) is 0 Å². The Morgan fingerprint density at radius 1 is 1.19 bits per heavy atom. The summed E-state index contributed by atoms with van der Waals surface area (Å²) in [5.41, 5.74) is 3.31. The Balaban J connectivity index is 1.70. The van der Waals surface area contributed by atoms with E-state index >= 15 is 0 Å². The summed E-state index contributed by atoms with van der Waals surface area (Å²) in [5, 5.41) is 10.1. The Labute approximate surface area is 188 Å². The molecule has 8 heteroatoms. The standard InChI is InChI=1S/C23H29N5O2S/c1-5-16-6-8-17(9-7-16)20(27(2)3)14-24-21(29)15-28-22(25-26-23(28)31)18-10-12-19(30-4)13-11-18/h6-13,20H,5,14-15H2,1-4H3,(H,24,29)(H,26,31). The van der Waals surface area contributed by atoms with Crippen molar-refractivity contribution in [2.24, 2.45) is 0 Å². The minimum Gasteiger partial charge on any atom is -0.497 e. The molecule has 0 radical (unpaired) electrons. The fourth-order valence-electron chi connectivity index (χ4n) is 3.41. The number of rotatable bonds is 9. The number of carbonyl (C=O) groups is 1. The molecule has 0 aliphatic heterocycles. The number of hydrogen-bond acceptors (Lipinski definition) is 5. The van der Waals surface area contributed by atoms with E-state index in [-0.39, 0.29) is 18.5 Å². The fourth-order valence-corrected chi connectivity index (χ4v) is 3.61. The first-order valence-electron chi connectivity index (χ1n) is 10.2. The molecule has 3 rings (SSSR count). The van der Waals surface area contributed by atoms with E-state index in [0.29, 0.717) is 17.1 Å². The lowest BCUT2D eigenvalue weighted by molar-refractivity contribution is -0.121. The smallest absolute Gasteiger partial charge is 0.240 e. The van der Waals surface area contributed by atoms with E-state index in [1.165, 1.54) is 11.1 Å². The monoisotopic (exact) mass is 439 g/mol. The number of likely N-dealkylation sites (N-methyl/N-ethyl adjacent to an activating group) is 1. The maximum atomic E-state index is 12.7. The largest absolute Gasteiger partial charge is 0.497 e. The molecule has 1 amide bonds. The van der Waals surface area contributed by atoms with E-state index in [1.54, 1.807) is 11.7 Å². The van der Waals surface area contributed by atoms with Gasteiger partial charge in [0, 0.05) is 12.1 Å². The summed E-state index contributed by atoms with van der Waals surface area (Å²) in [6, 6.07) is 16.1. The molecule has 0 spiro atoms. The number of aromatic nitrogens is 3. The maximum absolute atomic E-state index is 12.7. The van der Waals surface area contributed by atoms with E-state index in [9.17, 15) is 4.79 Å². The predicted molar refractivity (Wildman–Crippen MR) is 125 cm³/mol. The highest BCUT2D eigenvalue weighted by Crippen LogP contribution is 2.21. The lowest BCUT2D eigenvalue weighted by Gasteiger charge is -2.25. The highest BCUT2D eigenvalue weighted by atomic mass is 32.1. The number of carbonyl (C=O) groups excluding carboxylic acids is 1. The second-order valence-electron chi connectivity index (χ2n) is 7.55. The van der Waals surface area contributed by atoms with Crippen LogP contribution in [0.25, 0.3) is 11.4 Å². The van der Waals surface area contributed by atoms with Crippen LogP contribution >= 0.6 is 12.2 Å². The van der Waals surface area contributed by atoms with Crippen molar-refractivity contribution in [3.63, 3.8) is 0 Å². The van der Waals surface area contributed by atoms with Crippen LogP contribution in [0, 0.1) is 4.77 Å². The van der Waals surface area contributed by atoms with Crippen molar-refractivity contribution in [3.8, 4) is 17.1 Å². The summed E-state index contributed by atoms with van der Waals surface area (Å²) in [4.78, 5) is 14.9. The number of aryl methyl sites for hydroxylation is 1. The molecule has 31 heavy (non-hydrogen) atoms. The number of hydrogen-bond donors (Lipinski definition) is 2. The van der Waals surface area contributed by atoms with Crippen molar-refractivity contribution in [2.45, 2.75) is 25.9 Å². The molecule has 7 nitrogen and oxygen atoms in total. The first-order chi connectivity index (χ1) is 14.9. The second-order valence-corrected chi connectivity index (χ2v) is 7.93. The third-order valence-corrected chi connectivity index (χ3v) is 5.61. The van der Waals surface area contributed by atoms with Gasteiger partial charge in [0.25, 0.3) is 0 Å². The van der Waals surface area contributed by atoms with Gasteiger partial charge in [-0.2, -0.15) is 5.10 Å². The average molecular weight is 440 g/mol. The normalized spacial score (nSPS) is 12.0. The molecule has 0 saturated heterocycles. The highest BCUT2D eigenvalue weighted by molar-refractivity contribution is 7.71. The van der Waals surface area contributed by atoms with Gasteiger partial charge in [-0.1, -0.05) is 31.2 Å². The van der Waals surface area contributed by atoms with Crippen LogP contribution in [0.15, 0.2) is 48.5 Å². The minimum atomic E-state index is -0.121. The van der Waals surface area contributed by atoms with Crippen molar-refractivity contribution in [3.05, 3.63) is 64.4 Å². The minimum absolute atomic E-state index is 0.0771. The molecule has 1 unspecified atom stereocenters. The van der Waals surface area contributed by atoms with Gasteiger partial charge >= 0.3 is 0 Å². The maximum Gasteiger partial charge on any atom is 0.240 e. The molecule has 3 aromatic rings. The Hall–Kier alpha value is -2.97. The van der Waals surface area contributed by atoms with Crippen LogP contribution in [0.3, 0.4) is 0 Å². The number of aromatic amines is 1. The molecule has 1 atom stereocenters. The van der Waals surface area contributed by atoms with Gasteiger partial charge in [0.15, 0.2) is 10.6 Å². The molecule has 0 saturated carbocycles. The molecular weight excluding hydrogens is 410 g/mol. The van der Waals surface area contributed by atoms with Crippen LogP contribution in [0.1, 0.15) is 24.1 Å². The van der Waals surface area contributed by atoms with E-state index in [0.717, 1.165) is 17.7 Å². The fraction of sp³-hybridized carbons (Fsp3) is 0.348. The Kier molecular flexibility index (Phi) is 7.59. The summed E-state index contributed by atoms with van der Waals surface area (Å²) < 4.78 is 7.31. The lowest BCUT2D eigenvalue weighted by atomic mass is 10.0. The van der Waals surface area contributed by atoms with E-state index in [4.69, 9.17) is 17.0 Å². The average Bonchev–Trinajstić information content (AvgIpc) is 3.14. The van der Waals surface area contributed by atoms with Crippen molar-refractivity contribution in [2.75, 3.05) is 27.7 Å². The summed E-state index contributed by atoms with van der Waals surface area (Å²) in [5.74, 6) is 1.25. The van der Waals surface area contributed by atoms with Crippen molar-refractivity contribution in [1.82, 2.24) is 25.0 Å². The SMILES string of the molecule is CCc1ccc(C(CNC(=O)Cn2c(-c3ccc(OC)cc3)n[nH]c2=S)N(C)C)cc1. The quantitative estimate of drug-likeness (QED) is 0.499. The van der Waals surface area contributed by atoms with Gasteiger partial charge in [-0.25, -0.2) is 0 Å². The van der Waals surface area contributed by atoms with Crippen LogP contribution in [0.5, 0.6) is 5.75 Å².